The molecule has 1 aliphatic rings. The summed E-state index contributed by atoms with van der Waals surface area (Å²) in [5, 5.41) is 9.94. The second kappa shape index (κ2) is 12.0. The van der Waals surface area contributed by atoms with Gasteiger partial charge in [0.25, 0.3) is 15.9 Å². The summed E-state index contributed by atoms with van der Waals surface area (Å²) in [4.78, 5) is 20.2. The van der Waals surface area contributed by atoms with Crippen molar-refractivity contribution in [2.75, 3.05) is 28.9 Å². The van der Waals surface area contributed by atoms with Gasteiger partial charge in [-0.2, -0.15) is 17.0 Å². The van der Waals surface area contributed by atoms with Crippen molar-refractivity contribution < 1.29 is 13.2 Å². The van der Waals surface area contributed by atoms with Crippen LogP contribution in [0.25, 0.3) is 10.1 Å². The average molecular weight is 614 g/mol. The van der Waals surface area contributed by atoms with Crippen LogP contribution in [0.15, 0.2) is 96.3 Å². The normalized spacial score (nSPS) is 13.6. The Morgan fingerprint density at radius 3 is 2.50 bits per heavy atom. The highest BCUT2D eigenvalue weighted by Crippen LogP contribution is 2.33. The van der Waals surface area contributed by atoms with Gasteiger partial charge in [0, 0.05) is 42.0 Å². The highest BCUT2D eigenvalue weighted by molar-refractivity contribution is 7.99. The van der Waals surface area contributed by atoms with Crippen molar-refractivity contribution in [1.82, 2.24) is 14.5 Å². The van der Waals surface area contributed by atoms with Gasteiger partial charge in [-0.3, -0.25) is 9.10 Å². The van der Waals surface area contributed by atoms with Crippen molar-refractivity contribution in [2.24, 2.45) is 0 Å². The van der Waals surface area contributed by atoms with E-state index in [0.717, 1.165) is 40.2 Å². The van der Waals surface area contributed by atoms with Crippen LogP contribution < -0.4 is 4.31 Å². The first-order chi connectivity index (χ1) is 20.4. The summed E-state index contributed by atoms with van der Waals surface area (Å²) in [7, 11) is -3.94. The molecule has 1 saturated heterocycles. The van der Waals surface area contributed by atoms with Crippen LogP contribution in [0.5, 0.6) is 0 Å². The molecule has 0 spiro atoms. The molecule has 0 aliphatic carbocycles. The number of thioether (sulfide) groups is 1. The number of imidazole rings is 1. The van der Waals surface area contributed by atoms with Gasteiger partial charge in [0.05, 0.1) is 45.7 Å². The van der Waals surface area contributed by atoms with E-state index in [1.54, 1.807) is 61.1 Å². The van der Waals surface area contributed by atoms with E-state index in [1.807, 2.05) is 51.6 Å². The number of sulfonamides is 1. The monoisotopic (exact) mass is 613 g/mol. The van der Waals surface area contributed by atoms with Crippen molar-refractivity contribution >= 4 is 54.8 Å². The van der Waals surface area contributed by atoms with Crippen molar-refractivity contribution in [3.05, 3.63) is 113 Å². The summed E-state index contributed by atoms with van der Waals surface area (Å²) < 4.78 is 32.4. The van der Waals surface area contributed by atoms with E-state index in [9.17, 15) is 13.2 Å². The quantitative estimate of drug-likeness (QED) is 0.226. The molecule has 0 bridgehead atoms. The molecule has 0 atom stereocenters. The van der Waals surface area contributed by atoms with Gasteiger partial charge in [-0.25, -0.2) is 13.4 Å². The number of amides is 1. The van der Waals surface area contributed by atoms with Gasteiger partial charge in [-0.15, -0.1) is 11.3 Å². The number of benzene rings is 3. The summed E-state index contributed by atoms with van der Waals surface area (Å²) in [5.74, 6) is 1.91. The molecule has 1 amide bonds. The minimum absolute atomic E-state index is 0.0264. The van der Waals surface area contributed by atoms with Crippen molar-refractivity contribution in [1.29, 1.82) is 5.26 Å². The van der Waals surface area contributed by atoms with E-state index < -0.39 is 10.0 Å². The zero-order chi connectivity index (χ0) is 29.1. The molecule has 1 fully saturated rings. The van der Waals surface area contributed by atoms with Gasteiger partial charge in [-0.05, 0) is 59.5 Å². The Morgan fingerprint density at radius 2 is 1.76 bits per heavy atom. The highest BCUT2D eigenvalue weighted by atomic mass is 32.2. The lowest BCUT2D eigenvalue weighted by Crippen LogP contribution is -2.37. The van der Waals surface area contributed by atoms with Crippen LogP contribution in [0.1, 0.15) is 26.5 Å². The van der Waals surface area contributed by atoms with E-state index in [2.05, 4.69) is 11.1 Å². The molecule has 1 aliphatic heterocycles. The molecule has 0 saturated carbocycles. The molecule has 8 nitrogen and oxygen atoms in total. The van der Waals surface area contributed by atoms with Crippen molar-refractivity contribution in [3.63, 3.8) is 0 Å². The van der Waals surface area contributed by atoms with E-state index in [4.69, 9.17) is 5.26 Å². The van der Waals surface area contributed by atoms with Crippen LogP contribution in [0, 0.1) is 11.3 Å². The SMILES string of the molecule is N#Cc1ccc(Cn2cncc2CN(c2ccc3sc(C(=O)N4CCSCC4)cc3c2)S(=O)(=O)c2ccccc2)cc1. The van der Waals surface area contributed by atoms with E-state index in [1.165, 1.54) is 15.6 Å². The van der Waals surface area contributed by atoms with Gasteiger partial charge in [0.15, 0.2) is 0 Å². The molecular formula is C31H27N5O3S3. The lowest BCUT2D eigenvalue weighted by molar-refractivity contribution is 0.0777. The van der Waals surface area contributed by atoms with Crippen LogP contribution in [0.4, 0.5) is 5.69 Å². The van der Waals surface area contributed by atoms with Gasteiger partial charge >= 0.3 is 0 Å². The fourth-order valence-electron chi connectivity index (χ4n) is 4.90. The third-order valence-corrected chi connectivity index (χ3v) is 11.0. The molecule has 3 heterocycles. The summed E-state index contributed by atoms with van der Waals surface area (Å²) in [6.07, 6.45) is 3.36. The first-order valence-electron chi connectivity index (χ1n) is 13.4. The maximum Gasteiger partial charge on any atom is 0.264 e. The van der Waals surface area contributed by atoms with E-state index >= 15 is 0 Å². The number of carbonyl (C=O) groups excluding carboxylic acids is 1. The third-order valence-electron chi connectivity index (χ3n) is 7.17. The Bertz CT molecular complexity index is 1870. The molecule has 0 N–H and O–H groups in total. The minimum Gasteiger partial charge on any atom is -0.336 e. The van der Waals surface area contributed by atoms with Gasteiger partial charge in [-0.1, -0.05) is 30.3 Å². The summed E-state index contributed by atoms with van der Waals surface area (Å²) >= 11 is 3.29. The fraction of sp³-hybridized carbons (Fsp3) is 0.194. The summed E-state index contributed by atoms with van der Waals surface area (Å²) in [5.41, 5.74) is 2.76. The number of fused-ring (bicyclic) bond motifs is 1. The molecular weight excluding hydrogens is 587 g/mol. The molecule has 0 radical (unpaired) electrons. The largest absolute Gasteiger partial charge is 0.336 e. The van der Waals surface area contributed by atoms with Crippen molar-refractivity contribution in [3.8, 4) is 6.07 Å². The number of carbonyl (C=O) groups is 1. The third kappa shape index (κ3) is 5.79. The number of nitriles is 1. The molecule has 2 aromatic heterocycles. The van der Waals surface area contributed by atoms with Crippen LogP contribution >= 0.6 is 23.1 Å². The lowest BCUT2D eigenvalue weighted by atomic mass is 10.1. The predicted octanol–water partition coefficient (Wildman–Crippen LogP) is 5.60. The van der Waals surface area contributed by atoms with Gasteiger partial charge in [0.2, 0.25) is 0 Å². The van der Waals surface area contributed by atoms with E-state index in [-0.39, 0.29) is 17.3 Å². The maximum atomic E-state index is 14.1. The van der Waals surface area contributed by atoms with Crippen LogP contribution in [0.3, 0.4) is 0 Å². The lowest BCUT2D eigenvalue weighted by Gasteiger charge is -2.25. The number of anilines is 1. The van der Waals surface area contributed by atoms with Gasteiger partial charge < -0.3 is 9.47 Å². The topological polar surface area (TPSA) is 99.3 Å². The van der Waals surface area contributed by atoms with Crippen LogP contribution in [-0.4, -0.2) is 53.4 Å². The smallest absolute Gasteiger partial charge is 0.264 e. The second-order valence-corrected chi connectivity index (χ2v) is 14.1. The predicted molar refractivity (Wildman–Crippen MR) is 167 cm³/mol. The standard InChI is InChI=1S/C31H27N5O3S3/c32-18-23-6-8-24(9-7-23)20-35-22-33-19-27(35)21-36(42(38,39)28-4-2-1-3-5-28)26-10-11-29-25(16-26)17-30(41-29)31(37)34-12-14-40-15-13-34/h1-11,16-17,19,22H,12-15,20-21H2. The van der Waals surface area contributed by atoms with Crippen LogP contribution in [-0.2, 0) is 23.1 Å². The Labute approximate surface area is 252 Å². The first kappa shape index (κ1) is 28.0. The molecule has 11 heteroatoms. The fourth-order valence-corrected chi connectivity index (χ4v) is 8.26. The number of thiophene rings is 1. The molecule has 212 valence electrons. The number of rotatable bonds is 8. The maximum absolute atomic E-state index is 14.1. The second-order valence-electron chi connectivity index (χ2n) is 9.88. The van der Waals surface area contributed by atoms with E-state index in [0.29, 0.717) is 28.4 Å². The molecule has 3 aromatic carbocycles. The minimum atomic E-state index is -3.94. The Hall–Kier alpha value is -4.11. The highest BCUT2D eigenvalue weighted by Gasteiger charge is 2.27. The molecule has 42 heavy (non-hydrogen) atoms. The number of hydrogen-bond donors (Lipinski definition) is 0. The molecule has 6 rings (SSSR count). The zero-order valence-electron chi connectivity index (χ0n) is 22.6. The first-order valence-corrected chi connectivity index (χ1v) is 16.8. The average Bonchev–Trinajstić information content (AvgIpc) is 3.67. The Balaban J connectivity index is 1.35. The Morgan fingerprint density at radius 1 is 1.00 bits per heavy atom. The van der Waals surface area contributed by atoms with Crippen molar-refractivity contribution in [2.45, 2.75) is 18.0 Å². The number of nitrogens with zero attached hydrogens (tertiary/aromatic N) is 5. The molecule has 0 unspecified atom stereocenters. The number of hydrogen-bond acceptors (Lipinski definition) is 7. The molecule has 5 aromatic rings. The zero-order valence-corrected chi connectivity index (χ0v) is 25.0. The summed E-state index contributed by atoms with van der Waals surface area (Å²) in [6.45, 7) is 2.01. The van der Waals surface area contributed by atoms with Crippen LogP contribution in [0.2, 0.25) is 0 Å². The Kier molecular flexibility index (Phi) is 8.02. The number of aromatic nitrogens is 2. The van der Waals surface area contributed by atoms with Gasteiger partial charge in [0.1, 0.15) is 0 Å². The summed E-state index contributed by atoms with van der Waals surface area (Å²) in [6, 6.07) is 25.2.